The van der Waals surface area contributed by atoms with Crippen molar-refractivity contribution in [2.45, 2.75) is 33.2 Å². The van der Waals surface area contributed by atoms with Gasteiger partial charge in [-0.2, -0.15) is 0 Å². The van der Waals surface area contributed by atoms with Gasteiger partial charge in [-0.1, -0.05) is 13.8 Å². The lowest BCUT2D eigenvalue weighted by Crippen LogP contribution is -2.05. The molecule has 0 radical (unpaired) electrons. The van der Waals surface area contributed by atoms with Crippen molar-refractivity contribution in [2.24, 2.45) is 0 Å². The maximum atomic E-state index is 4.72. The summed E-state index contributed by atoms with van der Waals surface area (Å²) in [4.78, 5) is 4.72. The Morgan fingerprint density at radius 1 is 1.44 bits per heavy atom. The van der Waals surface area contributed by atoms with Crippen LogP contribution in [0, 0.1) is 6.92 Å². The van der Waals surface area contributed by atoms with Gasteiger partial charge in [0.05, 0.1) is 11.2 Å². The number of hydrogen-bond donors (Lipinski definition) is 1. The monoisotopic (exact) mass is 217 g/mol. The van der Waals surface area contributed by atoms with Crippen molar-refractivity contribution in [3.05, 3.63) is 35.4 Å². The van der Waals surface area contributed by atoms with Crippen LogP contribution < -0.4 is 5.32 Å². The van der Waals surface area contributed by atoms with Gasteiger partial charge < -0.3 is 9.72 Å². The minimum Gasteiger partial charge on any atom is -0.314 e. The van der Waals surface area contributed by atoms with Gasteiger partial charge in [-0.15, -0.1) is 0 Å². The largest absolute Gasteiger partial charge is 0.314 e. The number of aromatic nitrogens is 2. The van der Waals surface area contributed by atoms with Gasteiger partial charge in [0.25, 0.3) is 0 Å². The Morgan fingerprint density at radius 3 is 2.81 bits per heavy atom. The Balaban J connectivity index is 2.66. The van der Waals surface area contributed by atoms with E-state index in [4.69, 9.17) is 4.98 Å². The molecule has 0 aliphatic carbocycles. The molecule has 0 fully saturated rings. The lowest BCUT2D eigenvalue weighted by atomic mass is 10.2. The van der Waals surface area contributed by atoms with E-state index in [1.54, 1.807) is 0 Å². The molecule has 2 aromatic rings. The molecule has 86 valence electrons. The summed E-state index contributed by atoms with van der Waals surface area (Å²) >= 11 is 0. The fraction of sp³-hybridized carbons (Fsp3) is 0.462. The second kappa shape index (κ2) is 4.26. The fourth-order valence-electron chi connectivity index (χ4n) is 1.98. The first-order valence-corrected chi connectivity index (χ1v) is 5.75. The normalized spacial score (nSPS) is 11.6. The zero-order valence-corrected chi connectivity index (χ0v) is 10.4. The molecule has 0 bridgehead atoms. The molecule has 0 aromatic carbocycles. The molecule has 3 heteroatoms. The van der Waals surface area contributed by atoms with Crippen molar-refractivity contribution in [1.82, 2.24) is 14.7 Å². The number of imidazole rings is 1. The first-order chi connectivity index (χ1) is 7.63. The quantitative estimate of drug-likeness (QED) is 0.856. The molecule has 1 N–H and O–H groups in total. The van der Waals surface area contributed by atoms with Crippen molar-refractivity contribution in [2.75, 3.05) is 7.05 Å². The number of hydrogen-bond acceptors (Lipinski definition) is 2. The van der Waals surface area contributed by atoms with Gasteiger partial charge in [-0.25, -0.2) is 4.98 Å². The molecular weight excluding hydrogens is 198 g/mol. The molecule has 3 nitrogen and oxygen atoms in total. The number of aryl methyl sites for hydroxylation is 1. The van der Waals surface area contributed by atoms with Crippen molar-refractivity contribution in [3.8, 4) is 0 Å². The Hall–Kier alpha value is -1.35. The summed E-state index contributed by atoms with van der Waals surface area (Å²) in [7, 11) is 1.95. The van der Waals surface area contributed by atoms with Crippen molar-refractivity contribution >= 4 is 5.52 Å². The minimum absolute atomic E-state index is 0.445. The van der Waals surface area contributed by atoms with Crippen LogP contribution in [0.3, 0.4) is 0 Å². The van der Waals surface area contributed by atoms with Gasteiger partial charge in [-0.05, 0) is 31.7 Å². The topological polar surface area (TPSA) is 29.3 Å². The summed E-state index contributed by atoms with van der Waals surface area (Å²) < 4.78 is 2.20. The molecule has 16 heavy (non-hydrogen) atoms. The average molecular weight is 217 g/mol. The number of fused-ring (bicyclic) bond motifs is 1. The molecule has 2 heterocycles. The average Bonchev–Trinajstić information content (AvgIpc) is 2.58. The van der Waals surface area contributed by atoms with E-state index in [1.807, 2.05) is 7.05 Å². The highest BCUT2D eigenvalue weighted by molar-refractivity contribution is 5.55. The van der Waals surface area contributed by atoms with Gasteiger partial charge in [-0.3, -0.25) is 0 Å². The van der Waals surface area contributed by atoms with Crippen LogP contribution >= 0.6 is 0 Å². The molecule has 0 spiro atoms. The van der Waals surface area contributed by atoms with Crippen LogP contribution in [-0.4, -0.2) is 16.4 Å². The lowest BCUT2D eigenvalue weighted by molar-refractivity contribution is 0.751. The van der Waals surface area contributed by atoms with Gasteiger partial charge >= 0.3 is 0 Å². The first-order valence-electron chi connectivity index (χ1n) is 5.75. The number of pyridine rings is 1. The Kier molecular flexibility index (Phi) is 2.97. The van der Waals surface area contributed by atoms with Crippen molar-refractivity contribution in [3.63, 3.8) is 0 Å². The van der Waals surface area contributed by atoms with Crippen LogP contribution in [0.1, 0.15) is 36.8 Å². The predicted molar refractivity (Wildman–Crippen MR) is 66.8 cm³/mol. The van der Waals surface area contributed by atoms with Crippen LogP contribution in [0.5, 0.6) is 0 Å². The standard InChI is InChI=1S/C13H19N3/c1-9(2)13-15-11(8-14-4)12-7-10(3)5-6-16(12)13/h5-7,9,14H,8H2,1-4H3. The zero-order valence-electron chi connectivity index (χ0n) is 10.4. The summed E-state index contributed by atoms with van der Waals surface area (Å²) in [5, 5.41) is 3.17. The van der Waals surface area contributed by atoms with E-state index < -0.39 is 0 Å². The second-order valence-electron chi connectivity index (χ2n) is 4.56. The third-order valence-corrected chi connectivity index (χ3v) is 2.76. The Labute approximate surface area is 96.5 Å². The van der Waals surface area contributed by atoms with Gasteiger partial charge in [0.2, 0.25) is 0 Å². The van der Waals surface area contributed by atoms with E-state index in [1.165, 1.54) is 11.1 Å². The Morgan fingerprint density at radius 2 is 2.19 bits per heavy atom. The maximum absolute atomic E-state index is 4.72. The van der Waals surface area contributed by atoms with Crippen molar-refractivity contribution in [1.29, 1.82) is 0 Å². The lowest BCUT2D eigenvalue weighted by Gasteiger charge is -2.04. The maximum Gasteiger partial charge on any atom is 0.116 e. The molecule has 0 unspecified atom stereocenters. The van der Waals surface area contributed by atoms with E-state index in [9.17, 15) is 0 Å². The molecule has 0 amide bonds. The van der Waals surface area contributed by atoms with E-state index >= 15 is 0 Å². The summed E-state index contributed by atoms with van der Waals surface area (Å²) in [6.07, 6.45) is 2.12. The highest BCUT2D eigenvalue weighted by Gasteiger charge is 2.12. The summed E-state index contributed by atoms with van der Waals surface area (Å²) in [5.41, 5.74) is 3.63. The highest BCUT2D eigenvalue weighted by Crippen LogP contribution is 2.20. The van der Waals surface area contributed by atoms with Crippen LogP contribution in [0.25, 0.3) is 5.52 Å². The number of rotatable bonds is 3. The van der Waals surface area contributed by atoms with Crippen LogP contribution in [-0.2, 0) is 6.54 Å². The fourth-order valence-corrected chi connectivity index (χ4v) is 1.98. The van der Waals surface area contributed by atoms with E-state index in [0.29, 0.717) is 5.92 Å². The second-order valence-corrected chi connectivity index (χ2v) is 4.56. The van der Waals surface area contributed by atoms with E-state index in [0.717, 1.165) is 18.1 Å². The van der Waals surface area contributed by atoms with Gasteiger partial charge in [0.1, 0.15) is 5.82 Å². The molecule has 0 atom stereocenters. The molecule has 2 rings (SSSR count). The third kappa shape index (κ3) is 1.83. The number of nitrogens with one attached hydrogen (secondary N) is 1. The smallest absolute Gasteiger partial charge is 0.116 e. The van der Waals surface area contributed by atoms with Crippen LogP contribution in [0.15, 0.2) is 18.3 Å². The third-order valence-electron chi connectivity index (χ3n) is 2.76. The molecule has 0 aliphatic heterocycles. The van der Waals surface area contributed by atoms with Crippen molar-refractivity contribution < 1.29 is 0 Å². The predicted octanol–water partition coefficient (Wildman–Crippen LogP) is 2.49. The SMILES string of the molecule is CNCc1nc(C(C)C)n2ccc(C)cc12. The summed E-state index contributed by atoms with van der Waals surface area (Å²) in [6.45, 7) is 7.29. The minimum atomic E-state index is 0.445. The highest BCUT2D eigenvalue weighted by atomic mass is 15.0. The van der Waals surface area contributed by atoms with Crippen LogP contribution in [0.4, 0.5) is 0 Å². The van der Waals surface area contributed by atoms with Crippen LogP contribution in [0.2, 0.25) is 0 Å². The molecule has 0 saturated carbocycles. The molecule has 2 aromatic heterocycles. The first kappa shape index (κ1) is 11.1. The van der Waals surface area contributed by atoms with E-state index in [2.05, 4.69) is 48.8 Å². The molecule has 0 aliphatic rings. The van der Waals surface area contributed by atoms with E-state index in [-0.39, 0.29) is 0 Å². The van der Waals surface area contributed by atoms with Gasteiger partial charge in [0.15, 0.2) is 0 Å². The Bertz CT molecular complexity index is 497. The molecular formula is C13H19N3. The summed E-state index contributed by atoms with van der Waals surface area (Å²) in [6, 6.07) is 4.33. The number of nitrogens with zero attached hydrogens (tertiary/aromatic N) is 2. The van der Waals surface area contributed by atoms with Gasteiger partial charge in [0, 0.05) is 18.7 Å². The molecule has 0 saturated heterocycles. The zero-order chi connectivity index (χ0) is 11.7. The summed E-state index contributed by atoms with van der Waals surface area (Å²) in [5.74, 6) is 1.58.